The van der Waals surface area contributed by atoms with Crippen molar-refractivity contribution in [3.63, 3.8) is 0 Å². The molecule has 3 rings (SSSR count). The Kier molecular flexibility index (Phi) is 4.29. The molecule has 0 unspecified atom stereocenters. The number of benzene rings is 1. The summed E-state index contributed by atoms with van der Waals surface area (Å²) in [5.74, 6) is 1.09. The van der Waals surface area contributed by atoms with Crippen LogP contribution in [0.15, 0.2) is 46.3 Å². The topological polar surface area (TPSA) is 68.0 Å². The van der Waals surface area contributed by atoms with E-state index in [2.05, 4.69) is 15.5 Å². The maximum absolute atomic E-state index is 11.9. The van der Waals surface area contributed by atoms with Crippen LogP contribution < -0.4 is 5.32 Å². The van der Waals surface area contributed by atoms with Gasteiger partial charge in [0.1, 0.15) is 0 Å². The van der Waals surface area contributed by atoms with Crippen molar-refractivity contribution in [3.8, 4) is 11.5 Å². The number of amides is 1. The van der Waals surface area contributed by atoms with E-state index in [1.807, 2.05) is 41.8 Å². The number of hydrogen-bond acceptors (Lipinski definition) is 5. The molecule has 0 saturated carbocycles. The highest BCUT2D eigenvalue weighted by Crippen LogP contribution is 2.20. The maximum Gasteiger partial charge on any atom is 0.257 e. The molecule has 0 fully saturated rings. The Hall–Kier alpha value is -2.47. The summed E-state index contributed by atoms with van der Waals surface area (Å²) in [7, 11) is 0. The van der Waals surface area contributed by atoms with E-state index in [-0.39, 0.29) is 5.91 Å². The third-order valence-electron chi connectivity index (χ3n) is 3.12. The minimum absolute atomic E-state index is 0.00906. The monoisotopic (exact) mass is 313 g/mol. The Labute approximate surface area is 132 Å². The molecular formula is C16H15N3O2S. The zero-order valence-corrected chi connectivity index (χ0v) is 12.9. The van der Waals surface area contributed by atoms with Gasteiger partial charge in [0, 0.05) is 22.5 Å². The molecule has 0 aliphatic heterocycles. The normalized spacial score (nSPS) is 10.6. The minimum atomic E-state index is 0.00906. The number of nitrogens with zero attached hydrogens (tertiary/aromatic N) is 2. The zero-order chi connectivity index (χ0) is 15.4. The first-order valence-corrected chi connectivity index (χ1v) is 7.81. The molecule has 2 heterocycles. The predicted octanol–water partition coefficient (Wildman–Crippen LogP) is 3.68. The summed E-state index contributed by atoms with van der Waals surface area (Å²) in [6.07, 6.45) is 1.24. The van der Waals surface area contributed by atoms with Gasteiger partial charge in [-0.15, -0.1) is 11.3 Å². The average molecular weight is 313 g/mol. The molecule has 1 aromatic carbocycles. The Morgan fingerprint density at radius 2 is 2.09 bits per heavy atom. The van der Waals surface area contributed by atoms with Crippen molar-refractivity contribution >= 4 is 22.9 Å². The molecule has 2 aromatic heterocycles. The summed E-state index contributed by atoms with van der Waals surface area (Å²) in [6, 6.07) is 11.4. The first kappa shape index (κ1) is 14.5. The molecule has 6 heteroatoms. The van der Waals surface area contributed by atoms with Gasteiger partial charge in [-0.3, -0.25) is 4.79 Å². The van der Waals surface area contributed by atoms with Gasteiger partial charge in [0.25, 0.3) is 5.89 Å². The highest BCUT2D eigenvalue weighted by molar-refractivity contribution is 7.09. The molecule has 0 atom stereocenters. The lowest BCUT2D eigenvalue weighted by molar-refractivity contribution is -0.116. The largest absolute Gasteiger partial charge is 0.334 e. The number of carbonyl (C=O) groups excluding carboxylic acids is 1. The molecule has 0 saturated heterocycles. The molecule has 5 nitrogen and oxygen atoms in total. The second-order valence-electron chi connectivity index (χ2n) is 4.85. The number of hydrogen-bond donors (Lipinski definition) is 1. The first-order chi connectivity index (χ1) is 10.7. The van der Waals surface area contributed by atoms with Crippen molar-refractivity contribution in [2.45, 2.75) is 19.8 Å². The third kappa shape index (κ3) is 3.59. The van der Waals surface area contributed by atoms with Crippen LogP contribution in [0.3, 0.4) is 0 Å². The predicted molar refractivity (Wildman–Crippen MR) is 85.7 cm³/mol. The molecule has 0 spiro atoms. The summed E-state index contributed by atoms with van der Waals surface area (Å²) < 4.78 is 5.10. The van der Waals surface area contributed by atoms with Gasteiger partial charge in [-0.25, -0.2) is 0 Å². The quantitative estimate of drug-likeness (QED) is 0.780. The SMILES string of the molecule is Cc1noc(-c2ccc(NC(=O)CCc3cccs3)cc2)n1. The van der Waals surface area contributed by atoms with Crippen molar-refractivity contribution in [2.75, 3.05) is 5.32 Å². The lowest BCUT2D eigenvalue weighted by Gasteiger charge is -2.05. The second-order valence-corrected chi connectivity index (χ2v) is 5.88. The van der Waals surface area contributed by atoms with Crippen molar-refractivity contribution < 1.29 is 9.32 Å². The van der Waals surface area contributed by atoms with E-state index >= 15 is 0 Å². The van der Waals surface area contributed by atoms with Gasteiger partial charge in [0.15, 0.2) is 5.82 Å². The van der Waals surface area contributed by atoms with Crippen molar-refractivity contribution in [2.24, 2.45) is 0 Å². The number of thiophene rings is 1. The number of rotatable bonds is 5. The molecule has 3 aromatic rings. The number of carbonyl (C=O) groups is 1. The van der Waals surface area contributed by atoms with Crippen LogP contribution in [-0.2, 0) is 11.2 Å². The highest BCUT2D eigenvalue weighted by atomic mass is 32.1. The molecule has 1 amide bonds. The van der Waals surface area contributed by atoms with Gasteiger partial charge in [0.2, 0.25) is 5.91 Å². The van der Waals surface area contributed by atoms with E-state index in [9.17, 15) is 4.79 Å². The molecule has 1 N–H and O–H groups in total. The van der Waals surface area contributed by atoms with Crippen molar-refractivity contribution in [1.82, 2.24) is 10.1 Å². The molecule has 112 valence electrons. The van der Waals surface area contributed by atoms with Crippen LogP contribution in [0.25, 0.3) is 11.5 Å². The Morgan fingerprint density at radius 3 is 2.73 bits per heavy atom. The molecule has 22 heavy (non-hydrogen) atoms. The fraction of sp³-hybridized carbons (Fsp3) is 0.188. The summed E-state index contributed by atoms with van der Waals surface area (Å²) in [4.78, 5) is 17.3. The number of nitrogens with one attached hydrogen (secondary N) is 1. The van der Waals surface area contributed by atoms with Crippen LogP contribution >= 0.6 is 11.3 Å². The Bertz CT molecular complexity index is 748. The minimum Gasteiger partial charge on any atom is -0.334 e. The van der Waals surface area contributed by atoms with Crippen molar-refractivity contribution in [1.29, 1.82) is 0 Å². The van der Waals surface area contributed by atoms with Crippen LogP contribution in [-0.4, -0.2) is 16.0 Å². The number of aryl methyl sites for hydroxylation is 2. The van der Waals surface area contributed by atoms with Crippen LogP contribution in [0.4, 0.5) is 5.69 Å². The van der Waals surface area contributed by atoms with E-state index in [0.29, 0.717) is 18.1 Å². The molecular weight excluding hydrogens is 298 g/mol. The lowest BCUT2D eigenvalue weighted by Crippen LogP contribution is -2.11. The van der Waals surface area contributed by atoms with Crippen molar-refractivity contribution in [3.05, 3.63) is 52.5 Å². The van der Waals surface area contributed by atoms with Crippen LogP contribution in [0.1, 0.15) is 17.1 Å². The Balaban J connectivity index is 1.57. The smallest absolute Gasteiger partial charge is 0.257 e. The fourth-order valence-corrected chi connectivity index (χ4v) is 2.73. The summed E-state index contributed by atoms with van der Waals surface area (Å²) in [6.45, 7) is 1.77. The van der Waals surface area contributed by atoms with E-state index in [1.165, 1.54) is 4.88 Å². The number of anilines is 1. The van der Waals surface area contributed by atoms with Crippen LogP contribution in [0.5, 0.6) is 0 Å². The molecule has 0 aliphatic carbocycles. The molecule has 0 bridgehead atoms. The second kappa shape index (κ2) is 6.53. The van der Waals surface area contributed by atoms with E-state index in [0.717, 1.165) is 17.7 Å². The van der Waals surface area contributed by atoms with Gasteiger partial charge in [0.05, 0.1) is 0 Å². The van der Waals surface area contributed by atoms with Crippen LogP contribution in [0, 0.1) is 6.92 Å². The standard InChI is InChI=1S/C16H15N3O2S/c1-11-17-16(21-19-11)12-4-6-13(7-5-12)18-15(20)9-8-14-3-2-10-22-14/h2-7,10H,8-9H2,1H3,(H,18,20). The maximum atomic E-state index is 11.9. The average Bonchev–Trinajstić information content (AvgIpc) is 3.17. The van der Waals surface area contributed by atoms with Gasteiger partial charge in [-0.2, -0.15) is 4.98 Å². The Morgan fingerprint density at radius 1 is 1.27 bits per heavy atom. The third-order valence-corrected chi connectivity index (χ3v) is 4.06. The zero-order valence-electron chi connectivity index (χ0n) is 12.1. The van der Waals surface area contributed by atoms with Gasteiger partial charge in [-0.05, 0) is 49.1 Å². The van der Waals surface area contributed by atoms with Gasteiger partial charge in [-0.1, -0.05) is 11.2 Å². The summed E-state index contributed by atoms with van der Waals surface area (Å²) in [5, 5.41) is 8.66. The highest BCUT2D eigenvalue weighted by Gasteiger charge is 2.07. The first-order valence-electron chi connectivity index (χ1n) is 6.94. The summed E-state index contributed by atoms with van der Waals surface area (Å²) in [5.41, 5.74) is 1.59. The molecule has 0 aliphatic rings. The van der Waals surface area contributed by atoms with Gasteiger partial charge < -0.3 is 9.84 Å². The van der Waals surface area contributed by atoms with E-state index < -0.39 is 0 Å². The van der Waals surface area contributed by atoms with Crippen LogP contribution in [0.2, 0.25) is 0 Å². The number of aromatic nitrogens is 2. The fourth-order valence-electron chi connectivity index (χ4n) is 2.03. The van der Waals surface area contributed by atoms with E-state index in [4.69, 9.17) is 4.52 Å². The molecule has 0 radical (unpaired) electrons. The summed E-state index contributed by atoms with van der Waals surface area (Å²) >= 11 is 1.67. The lowest BCUT2D eigenvalue weighted by atomic mass is 10.2. The van der Waals surface area contributed by atoms with Gasteiger partial charge >= 0.3 is 0 Å². The van der Waals surface area contributed by atoms with E-state index in [1.54, 1.807) is 18.3 Å².